The number of halogens is 1. The van der Waals surface area contributed by atoms with Gasteiger partial charge < -0.3 is 5.11 Å². The van der Waals surface area contributed by atoms with E-state index in [9.17, 15) is 17.9 Å². The molecule has 0 bridgehead atoms. The van der Waals surface area contributed by atoms with Crippen LogP contribution in [0.3, 0.4) is 0 Å². The van der Waals surface area contributed by atoms with Crippen molar-refractivity contribution < 1.29 is 17.9 Å². The second-order valence-electron chi connectivity index (χ2n) is 5.68. The molecule has 1 aromatic carbocycles. The van der Waals surface area contributed by atoms with Crippen LogP contribution in [0.2, 0.25) is 0 Å². The lowest BCUT2D eigenvalue weighted by molar-refractivity contribution is 0.223. The number of benzene rings is 1. The van der Waals surface area contributed by atoms with E-state index in [4.69, 9.17) is 5.26 Å². The zero-order valence-electron chi connectivity index (χ0n) is 12.6. The van der Waals surface area contributed by atoms with Gasteiger partial charge in [0, 0.05) is 31.5 Å². The minimum atomic E-state index is -3.93. The molecule has 8 heteroatoms. The molecule has 0 spiro atoms. The van der Waals surface area contributed by atoms with Crippen molar-refractivity contribution in [1.82, 2.24) is 4.31 Å². The summed E-state index contributed by atoms with van der Waals surface area (Å²) in [5.74, 6) is -0.960. The molecule has 24 heavy (non-hydrogen) atoms. The third kappa shape index (κ3) is 2.96. The van der Waals surface area contributed by atoms with Crippen LogP contribution in [-0.2, 0) is 10.0 Å². The Hall–Kier alpha value is -1.79. The Morgan fingerprint density at radius 2 is 2.17 bits per heavy atom. The molecule has 0 unspecified atom stereocenters. The molecule has 1 aliphatic rings. The second-order valence-corrected chi connectivity index (χ2v) is 8.37. The van der Waals surface area contributed by atoms with Crippen LogP contribution in [0.25, 0.3) is 0 Å². The first kappa shape index (κ1) is 17.0. The number of rotatable bonds is 4. The number of hydrogen-bond acceptors (Lipinski definition) is 5. The van der Waals surface area contributed by atoms with Crippen LogP contribution in [-0.4, -0.2) is 37.5 Å². The van der Waals surface area contributed by atoms with E-state index in [1.54, 1.807) is 6.07 Å². The summed E-state index contributed by atoms with van der Waals surface area (Å²) in [4.78, 5) is -0.200. The fourth-order valence-electron chi connectivity index (χ4n) is 3.03. The second kappa shape index (κ2) is 6.61. The fourth-order valence-corrected chi connectivity index (χ4v) is 5.40. The van der Waals surface area contributed by atoms with Gasteiger partial charge in [-0.05, 0) is 40.6 Å². The van der Waals surface area contributed by atoms with Gasteiger partial charge in [-0.15, -0.1) is 0 Å². The van der Waals surface area contributed by atoms with Gasteiger partial charge in [0.15, 0.2) is 0 Å². The minimum Gasteiger partial charge on any atom is -0.396 e. The standard InChI is InChI=1S/C16H15FN2O3S2/c17-14-1-2-16(12(5-14)6-18)24(21,22)19-7-13(9-20)15(8-19)11-3-4-23-10-11/h1-5,10,13,15,20H,7-9H2/t13-,15-/m0/s1. The molecule has 1 N–H and O–H groups in total. The third-order valence-corrected chi connectivity index (χ3v) is 6.88. The summed E-state index contributed by atoms with van der Waals surface area (Å²) in [6.45, 7) is 0.273. The van der Waals surface area contributed by atoms with E-state index < -0.39 is 15.8 Å². The van der Waals surface area contributed by atoms with Crippen LogP contribution in [0.5, 0.6) is 0 Å². The van der Waals surface area contributed by atoms with E-state index in [0.717, 1.165) is 23.8 Å². The maximum absolute atomic E-state index is 13.3. The Morgan fingerprint density at radius 3 is 2.79 bits per heavy atom. The molecule has 1 fully saturated rings. The molecule has 1 aromatic heterocycles. The van der Waals surface area contributed by atoms with Crippen molar-refractivity contribution in [2.75, 3.05) is 19.7 Å². The Balaban J connectivity index is 1.96. The van der Waals surface area contributed by atoms with E-state index >= 15 is 0 Å². The average Bonchev–Trinajstić information content (AvgIpc) is 3.23. The smallest absolute Gasteiger partial charge is 0.244 e. The van der Waals surface area contributed by atoms with Gasteiger partial charge in [-0.25, -0.2) is 12.8 Å². The highest BCUT2D eigenvalue weighted by molar-refractivity contribution is 7.89. The van der Waals surface area contributed by atoms with Gasteiger partial charge in [0.25, 0.3) is 0 Å². The first-order chi connectivity index (χ1) is 11.5. The van der Waals surface area contributed by atoms with Crippen molar-refractivity contribution in [3.05, 3.63) is 52.0 Å². The molecule has 126 valence electrons. The van der Waals surface area contributed by atoms with Crippen molar-refractivity contribution in [3.8, 4) is 6.07 Å². The van der Waals surface area contributed by atoms with Crippen molar-refractivity contribution in [2.24, 2.45) is 5.92 Å². The monoisotopic (exact) mass is 366 g/mol. The van der Waals surface area contributed by atoms with Crippen molar-refractivity contribution in [1.29, 1.82) is 5.26 Å². The molecule has 0 radical (unpaired) electrons. The van der Waals surface area contributed by atoms with E-state index in [0.29, 0.717) is 0 Å². The quantitative estimate of drug-likeness (QED) is 0.899. The lowest BCUT2D eigenvalue weighted by Gasteiger charge is -2.17. The molecule has 5 nitrogen and oxygen atoms in total. The molecule has 0 aliphatic carbocycles. The highest BCUT2D eigenvalue weighted by atomic mass is 32.2. The normalized spacial score (nSPS) is 21.7. The fraction of sp³-hybridized carbons (Fsp3) is 0.312. The molecule has 1 aliphatic heterocycles. The lowest BCUT2D eigenvalue weighted by atomic mass is 9.92. The summed E-state index contributed by atoms with van der Waals surface area (Å²) in [5.41, 5.74) is 0.783. The topological polar surface area (TPSA) is 81.4 Å². The lowest BCUT2D eigenvalue weighted by Crippen LogP contribution is -2.30. The van der Waals surface area contributed by atoms with E-state index in [2.05, 4.69) is 0 Å². The molecule has 2 atom stereocenters. The van der Waals surface area contributed by atoms with E-state index in [-0.39, 0.29) is 42.0 Å². The molecular formula is C16H15FN2O3S2. The minimum absolute atomic E-state index is 0.0954. The molecule has 2 aromatic rings. The van der Waals surface area contributed by atoms with E-state index in [1.807, 2.05) is 16.8 Å². The Labute approximate surface area is 143 Å². The summed E-state index contributed by atoms with van der Waals surface area (Å²) < 4.78 is 40.3. The summed E-state index contributed by atoms with van der Waals surface area (Å²) in [7, 11) is -3.93. The summed E-state index contributed by atoms with van der Waals surface area (Å²) >= 11 is 1.52. The van der Waals surface area contributed by atoms with Gasteiger partial charge in [0.05, 0.1) is 5.56 Å². The zero-order chi connectivity index (χ0) is 17.3. The summed E-state index contributed by atoms with van der Waals surface area (Å²) in [6, 6.07) is 6.73. The highest BCUT2D eigenvalue weighted by Gasteiger charge is 2.40. The SMILES string of the molecule is N#Cc1cc(F)ccc1S(=O)(=O)N1C[C@@H](CO)[C@H](c2ccsc2)C1. The largest absolute Gasteiger partial charge is 0.396 e. The van der Waals surface area contributed by atoms with Crippen molar-refractivity contribution >= 4 is 21.4 Å². The van der Waals surface area contributed by atoms with Crippen molar-refractivity contribution in [2.45, 2.75) is 10.8 Å². The van der Waals surface area contributed by atoms with Crippen LogP contribution in [0.4, 0.5) is 4.39 Å². The Morgan fingerprint density at radius 1 is 1.38 bits per heavy atom. The molecule has 0 saturated carbocycles. The number of nitriles is 1. The van der Waals surface area contributed by atoms with Gasteiger partial charge in [-0.3, -0.25) is 0 Å². The van der Waals surface area contributed by atoms with Gasteiger partial charge in [-0.1, -0.05) is 0 Å². The first-order valence-corrected chi connectivity index (χ1v) is 9.68. The molecule has 0 amide bonds. The van der Waals surface area contributed by atoms with Gasteiger partial charge in [0.1, 0.15) is 16.8 Å². The van der Waals surface area contributed by atoms with E-state index in [1.165, 1.54) is 15.6 Å². The summed E-state index contributed by atoms with van der Waals surface area (Å²) in [5, 5.41) is 22.6. The number of aliphatic hydroxyl groups excluding tert-OH is 1. The van der Waals surface area contributed by atoms with Crippen LogP contribution in [0, 0.1) is 23.1 Å². The van der Waals surface area contributed by atoms with Crippen LogP contribution in [0.15, 0.2) is 39.9 Å². The summed E-state index contributed by atoms with van der Waals surface area (Å²) in [6.07, 6.45) is 0. The Kier molecular flexibility index (Phi) is 4.69. The van der Waals surface area contributed by atoms with Gasteiger partial charge in [0.2, 0.25) is 10.0 Å². The maximum atomic E-state index is 13.3. The number of hydrogen-bond donors (Lipinski definition) is 1. The maximum Gasteiger partial charge on any atom is 0.244 e. The molecular weight excluding hydrogens is 351 g/mol. The average molecular weight is 366 g/mol. The number of nitrogens with zero attached hydrogens (tertiary/aromatic N) is 2. The molecule has 1 saturated heterocycles. The van der Waals surface area contributed by atoms with Crippen LogP contribution in [0.1, 0.15) is 17.0 Å². The Bertz CT molecular complexity index is 875. The number of aliphatic hydroxyl groups is 1. The van der Waals surface area contributed by atoms with Crippen LogP contribution >= 0.6 is 11.3 Å². The molecule has 3 rings (SSSR count). The van der Waals surface area contributed by atoms with Gasteiger partial charge >= 0.3 is 0 Å². The zero-order valence-corrected chi connectivity index (χ0v) is 14.2. The van der Waals surface area contributed by atoms with Crippen LogP contribution < -0.4 is 0 Å². The van der Waals surface area contributed by atoms with Gasteiger partial charge in [-0.2, -0.15) is 20.9 Å². The predicted octanol–water partition coefficient (Wildman–Crippen LogP) is 2.16. The third-order valence-electron chi connectivity index (χ3n) is 4.29. The number of sulfonamides is 1. The van der Waals surface area contributed by atoms with Crippen molar-refractivity contribution in [3.63, 3.8) is 0 Å². The predicted molar refractivity (Wildman–Crippen MR) is 87.5 cm³/mol. The first-order valence-electron chi connectivity index (χ1n) is 7.30. The molecule has 2 heterocycles. The number of thiophene rings is 1. The highest BCUT2D eigenvalue weighted by Crippen LogP contribution is 2.36.